The van der Waals surface area contributed by atoms with E-state index in [2.05, 4.69) is 10.6 Å². The van der Waals surface area contributed by atoms with Crippen molar-refractivity contribution in [1.82, 2.24) is 5.32 Å². The molecule has 3 rings (SSSR count). The third-order valence-corrected chi connectivity index (χ3v) is 5.49. The maximum atomic E-state index is 12.4. The topological polar surface area (TPSA) is 58.2 Å². The van der Waals surface area contributed by atoms with Crippen molar-refractivity contribution in [3.8, 4) is 0 Å². The van der Waals surface area contributed by atoms with Crippen LogP contribution >= 0.6 is 0 Å². The minimum absolute atomic E-state index is 0.0295. The van der Waals surface area contributed by atoms with Crippen LogP contribution in [0.25, 0.3) is 0 Å². The highest BCUT2D eigenvalue weighted by Crippen LogP contribution is 2.30. The number of amides is 2. The van der Waals surface area contributed by atoms with Gasteiger partial charge in [0.2, 0.25) is 11.8 Å². The number of benzene rings is 1. The van der Waals surface area contributed by atoms with Gasteiger partial charge in [-0.15, -0.1) is 0 Å². The van der Waals surface area contributed by atoms with Crippen molar-refractivity contribution in [3.63, 3.8) is 0 Å². The maximum absolute atomic E-state index is 12.4. The minimum atomic E-state index is 0.0295. The highest BCUT2D eigenvalue weighted by molar-refractivity contribution is 5.92. The van der Waals surface area contributed by atoms with Crippen LogP contribution in [0, 0.1) is 18.8 Å². The SMILES string of the molecule is Cc1ccc(NC(=O)C2CCC(C(=O)NC3CCCC3)CC2)cc1. The molecule has 0 aromatic heterocycles. The van der Waals surface area contributed by atoms with E-state index < -0.39 is 0 Å². The van der Waals surface area contributed by atoms with Crippen LogP contribution in [0.4, 0.5) is 5.69 Å². The Bertz CT molecular complexity index is 568. The van der Waals surface area contributed by atoms with Crippen molar-refractivity contribution in [2.45, 2.75) is 64.3 Å². The molecular formula is C20H28N2O2. The zero-order valence-corrected chi connectivity index (χ0v) is 14.5. The number of hydrogen-bond donors (Lipinski definition) is 2. The van der Waals surface area contributed by atoms with Gasteiger partial charge in [0, 0.05) is 23.6 Å². The molecule has 0 spiro atoms. The second-order valence-electron chi connectivity index (χ2n) is 7.39. The van der Waals surface area contributed by atoms with E-state index in [-0.39, 0.29) is 23.7 Å². The number of rotatable bonds is 4. The molecule has 2 aliphatic rings. The molecule has 2 aliphatic carbocycles. The van der Waals surface area contributed by atoms with Gasteiger partial charge in [-0.3, -0.25) is 9.59 Å². The number of carbonyl (C=O) groups excluding carboxylic acids is 2. The first-order valence-electron chi connectivity index (χ1n) is 9.30. The van der Waals surface area contributed by atoms with E-state index in [4.69, 9.17) is 0 Å². The Morgan fingerprint density at radius 3 is 1.96 bits per heavy atom. The maximum Gasteiger partial charge on any atom is 0.227 e. The Hall–Kier alpha value is -1.84. The highest BCUT2D eigenvalue weighted by Gasteiger charge is 2.31. The van der Waals surface area contributed by atoms with E-state index in [1.54, 1.807) is 0 Å². The predicted octanol–water partition coefficient (Wildman–Crippen LogP) is 3.80. The second-order valence-corrected chi connectivity index (χ2v) is 7.39. The summed E-state index contributed by atoms with van der Waals surface area (Å²) in [5.41, 5.74) is 2.04. The molecule has 0 heterocycles. The number of anilines is 1. The molecule has 0 saturated heterocycles. The van der Waals surface area contributed by atoms with Crippen LogP contribution in [0.15, 0.2) is 24.3 Å². The van der Waals surface area contributed by atoms with E-state index in [0.29, 0.717) is 6.04 Å². The molecule has 24 heavy (non-hydrogen) atoms. The average molecular weight is 328 g/mol. The number of carbonyl (C=O) groups is 2. The zero-order chi connectivity index (χ0) is 16.9. The molecule has 2 fully saturated rings. The summed E-state index contributed by atoms with van der Waals surface area (Å²) in [7, 11) is 0. The van der Waals surface area contributed by atoms with Gasteiger partial charge in [0.25, 0.3) is 0 Å². The molecule has 4 nitrogen and oxygen atoms in total. The molecule has 1 aromatic rings. The average Bonchev–Trinajstić information content (AvgIpc) is 3.10. The Labute approximate surface area is 144 Å². The van der Waals surface area contributed by atoms with E-state index in [9.17, 15) is 9.59 Å². The second kappa shape index (κ2) is 7.82. The van der Waals surface area contributed by atoms with Crippen LogP contribution in [-0.4, -0.2) is 17.9 Å². The predicted molar refractivity (Wildman–Crippen MR) is 95.7 cm³/mol. The molecule has 0 atom stereocenters. The Kier molecular flexibility index (Phi) is 5.54. The van der Waals surface area contributed by atoms with Gasteiger partial charge in [0.1, 0.15) is 0 Å². The lowest BCUT2D eigenvalue weighted by atomic mass is 9.81. The first kappa shape index (κ1) is 17.0. The fraction of sp³-hybridized carbons (Fsp3) is 0.600. The summed E-state index contributed by atoms with van der Waals surface area (Å²) in [6, 6.07) is 8.27. The first-order valence-corrected chi connectivity index (χ1v) is 9.30. The molecule has 2 N–H and O–H groups in total. The molecule has 2 amide bonds. The summed E-state index contributed by atoms with van der Waals surface area (Å²) < 4.78 is 0. The van der Waals surface area contributed by atoms with E-state index in [1.165, 1.54) is 18.4 Å². The van der Waals surface area contributed by atoms with Crippen LogP contribution < -0.4 is 10.6 Å². The molecule has 0 bridgehead atoms. The summed E-state index contributed by atoms with van der Waals surface area (Å²) in [5, 5.41) is 6.20. The van der Waals surface area contributed by atoms with E-state index in [0.717, 1.165) is 44.2 Å². The summed E-state index contributed by atoms with van der Waals surface area (Å²) in [4.78, 5) is 24.7. The van der Waals surface area contributed by atoms with Crippen LogP contribution in [0.1, 0.15) is 56.9 Å². The quantitative estimate of drug-likeness (QED) is 0.883. The first-order chi connectivity index (χ1) is 11.6. The lowest BCUT2D eigenvalue weighted by Crippen LogP contribution is -2.39. The van der Waals surface area contributed by atoms with Gasteiger partial charge in [0.05, 0.1) is 0 Å². The largest absolute Gasteiger partial charge is 0.353 e. The van der Waals surface area contributed by atoms with Crippen molar-refractivity contribution in [3.05, 3.63) is 29.8 Å². The zero-order valence-electron chi connectivity index (χ0n) is 14.5. The van der Waals surface area contributed by atoms with Gasteiger partial charge in [-0.1, -0.05) is 30.5 Å². The molecule has 4 heteroatoms. The third-order valence-electron chi connectivity index (χ3n) is 5.49. The van der Waals surface area contributed by atoms with Crippen molar-refractivity contribution in [2.75, 3.05) is 5.32 Å². The van der Waals surface area contributed by atoms with Crippen LogP contribution in [0.3, 0.4) is 0 Å². The summed E-state index contributed by atoms with van der Waals surface area (Å²) in [6.45, 7) is 2.03. The van der Waals surface area contributed by atoms with Gasteiger partial charge in [0.15, 0.2) is 0 Å². The third kappa shape index (κ3) is 4.37. The minimum Gasteiger partial charge on any atom is -0.353 e. The highest BCUT2D eigenvalue weighted by atomic mass is 16.2. The van der Waals surface area contributed by atoms with Crippen LogP contribution in [0.2, 0.25) is 0 Å². The van der Waals surface area contributed by atoms with Gasteiger partial charge >= 0.3 is 0 Å². The van der Waals surface area contributed by atoms with Crippen LogP contribution in [-0.2, 0) is 9.59 Å². The molecule has 2 saturated carbocycles. The van der Waals surface area contributed by atoms with Crippen molar-refractivity contribution in [1.29, 1.82) is 0 Å². The molecule has 0 radical (unpaired) electrons. The standard InChI is InChI=1S/C20H28N2O2/c1-14-6-12-18(13-7-14)22-20(24)16-10-8-15(9-11-16)19(23)21-17-4-2-3-5-17/h6-7,12-13,15-17H,2-5,8-11H2,1H3,(H,21,23)(H,22,24). The van der Waals surface area contributed by atoms with E-state index in [1.807, 2.05) is 31.2 Å². The lowest BCUT2D eigenvalue weighted by molar-refractivity contribution is -0.129. The molecule has 1 aromatic carbocycles. The number of hydrogen-bond acceptors (Lipinski definition) is 2. The van der Waals surface area contributed by atoms with E-state index >= 15 is 0 Å². The lowest BCUT2D eigenvalue weighted by Gasteiger charge is -2.28. The van der Waals surface area contributed by atoms with Gasteiger partial charge in [-0.2, -0.15) is 0 Å². The fourth-order valence-electron chi connectivity index (χ4n) is 3.89. The number of aryl methyl sites for hydroxylation is 1. The van der Waals surface area contributed by atoms with Crippen molar-refractivity contribution >= 4 is 17.5 Å². The number of nitrogens with one attached hydrogen (secondary N) is 2. The van der Waals surface area contributed by atoms with Crippen molar-refractivity contribution in [2.24, 2.45) is 11.8 Å². The summed E-state index contributed by atoms with van der Waals surface area (Å²) >= 11 is 0. The Balaban J connectivity index is 1.44. The fourth-order valence-corrected chi connectivity index (χ4v) is 3.89. The Morgan fingerprint density at radius 2 is 1.38 bits per heavy atom. The van der Waals surface area contributed by atoms with Gasteiger partial charge in [-0.25, -0.2) is 0 Å². The smallest absolute Gasteiger partial charge is 0.227 e. The monoisotopic (exact) mass is 328 g/mol. The molecule has 0 aliphatic heterocycles. The van der Waals surface area contributed by atoms with Gasteiger partial charge < -0.3 is 10.6 Å². The Morgan fingerprint density at radius 1 is 0.833 bits per heavy atom. The molecular weight excluding hydrogens is 300 g/mol. The summed E-state index contributed by atoms with van der Waals surface area (Å²) in [5.74, 6) is 0.420. The van der Waals surface area contributed by atoms with Gasteiger partial charge in [-0.05, 0) is 57.6 Å². The van der Waals surface area contributed by atoms with Crippen LogP contribution in [0.5, 0.6) is 0 Å². The molecule has 0 unspecified atom stereocenters. The molecule has 130 valence electrons. The summed E-state index contributed by atoms with van der Waals surface area (Å²) in [6.07, 6.45) is 7.98. The normalized spacial score (nSPS) is 24.5. The van der Waals surface area contributed by atoms with Crippen molar-refractivity contribution < 1.29 is 9.59 Å².